The van der Waals surface area contributed by atoms with Gasteiger partial charge in [0.05, 0.1) is 6.04 Å². The second kappa shape index (κ2) is 5.66. The lowest BCUT2D eigenvalue weighted by atomic mass is 9.90. The summed E-state index contributed by atoms with van der Waals surface area (Å²) in [5.74, 6) is -0.203. The summed E-state index contributed by atoms with van der Waals surface area (Å²) in [7, 11) is 1.91. The molecule has 0 radical (unpaired) electrons. The van der Waals surface area contributed by atoms with Crippen molar-refractivity contribution in [1.82, 2.24) is 5.32 Å². The minimum absolute atomic E-state index is 0.0215. The van der Waals surface area contributed by atoms with Crippen molar-refractivity contribution in [3.05, 3.63) is 83.2 Å². The van der Waals surface area contributed by atoms with Gasteiger partial charge in [0.15, 0.2) is 0 Å². The van der Waals surface area contributed by atoms with E-state index in [9.17, 15) is 4.39 Å². The van der Waals surface area contributed by atoms with E-state index < -0.39 is 0 Å². The van der Waals surface area contributed by atoms with Crippen molar-refractivity contribution in [2.45, 2.75) is 13.0 Å². The maximum Gasteiger partial charge on any atom is 0.123 e. The summed E-state index contributed by atoms with van der Waals surface area (Å²) in [5, 5.41) is 5.74. The van der Waals surface area contributed by atoms with Crippen LogP contribution < -0.4 is 5.32 Å². The fourth-order valence-corrected chi connectivity index (χ4v) is 2.95. The smallest absolute Gasteiger partial charge is 0.123 e. The van der Waals surface area contributed by atoms with E-state index in [0.29, 0.717) is 0 Å². The molecule has 1 N–H and O–H groups in total. The Kier molecular flexibility index (Phi) is 3.72. The first-order valence-electron chi connectivity index (χ1n) is 7.11. The van der Waals surface area contributed by atoms with E-state index in [-0.39, 0.29) is 11.9 Å². The van der Waals surface area contributed by atoms with Crippen LogP contribution in [0.1, 0.15) is 22.7 Å². The zero-order valence-electron chi connectivity index (χ0n) is 12.2. The maximum atomic E-state index is 13.6. The van der Waals surface area contributed by atoms with Crippen LogP contribution >= 0.6 is 0 Å². The van der Waals surface area contributed by atoms with Crippen molar-refractivity contribution < 1.29 is 4.39 Å². The molecule has 0 saturated heterocycles. The van der Waals surface area contributed by atoms with Gasteiger partial charge >= 0.3 is 0 Å². The zero-order chi connectivity index (χ0) is 14.8. The Morgan fingerprint density at radius 1 is 0.952 bits per heavy atom. The minimum atomic E-state index is -0.203. The van der Waals surface area contributed by atoms with Gasteiger partial charge in [-0.25, -0.2) is 4.39 Å². The van der Waals surface area contributed by atoms with Crippen molar-refractivity contribution in [2.75, 3.05) is 7.05 Å². The molecular formula is C19H18FN. The van der Waals surface area contributed by atoms with Crippen molar-refractivity contribution in [1.29, 1.82) is 0 Å². The van der Waals surface area contributed by atoms with E-state index in [1.54, 1.807) is 12.1 Å². The maximum absolute atomic E-state index is 13.6. The number of hydrogen-bond donors (Lipinski definition) is 1. The molecule has 2 heteroatoms. The van der Waals surface area contributed by atoms with Crippen molar-refractivity contribution >= 4 is 10.8 Å². The van der Waals surface area contributed by atoms with E-state index in [1.165, 1.54) is 28.0 Å². The second-order valence-electron chi connectivity index (χ2n) is 5.29. The Balaban J connectivity index is 2.24. The third-order valence-corrected chi connectivity index (χ3v) is 3.95. The van der Waals surface area contributed by atoms with Crippen LogP contribution in [0, 0.1) is 12.7 Å². The summed E-state index contributed by atoms with van der Waals surface area (Å²) >= 11 is 0. The number of rotatable bonds is 3. The minimum Gasteiger partial charge on any atom is -0.309 e. The molecule has 21 heavy (non-hydrogen) atoms. The molecule has 1 nitrogen and oxygen atoms in total. The lowest BCUT2D eigenvalue weighted by Gasteiger charge is -2.21. The molecule has 0 fully saturated rings. The third-order valence-electron chi connectivity index (χ3n) is 3.95. The molecule has 0 bridgehead atoms. The van der Waals surface area contributed by atoms with E-state index in [2.05, 4.69) is 36.5 Å². The van der Waals surface area contributed by atoms with Crippen molar-refractivity contribution in [3.8, 4) is 0 Å². The highest BCUT2D eigenvalue weighted by atomic mass is 19.1. The van der Waals surface area contributed by atoms with Gasteiger partial charge in [-0.2, -0.15) is 0 Å². The third kappa shape index (κ3) is 2.55. The van der Waals surface area contributed by atoms with Gasteiger partial charge in [-0.05, 0) is 53.6 Å². The molecule has 0 aromatic heterocycles. The molecule has 3 aromatic rings. The summed E-state index contributed by atoms with van der Waals surface area (Å²) in [5.41, 5.74) is 3.36. The second-order valence-corrected chi connectivity index (χ2v) is 5.29. The standard InChI is InChI=1S/C19H18FN/c1-13-10-11-14-6-3-4-9-17(14)18(13)19(21-2)15-7-5-8-16(20)12-15/h3-12,19,21H,1-2H3. The molecule has 0 heterocycles. The lowest BCUT2D eigenvalue weighted by Crippen LogP contribution is -2.19. The molecule has 3 rings (SSSR count). The molecule has 0 aliphatic rings. The SMILES string of the molecule is CNC(c1cccc(F)c1)c1c(C)ccc2ccccc12. The fraction of sp³-hybridized carbons (Fsp3) is 0.158. The van der Waals surface area contributed by atoms with Crippen molar-refractivity contribution in [3.63, 3.8) is 0 Å². The zero-order valence-corrected chi connectivity index (χ0v) is 12.2. The molecule has 0 aliphatic carbocycles. The molecule has 0 amide bonds. The summed E-state index contributed by atoms with van der Waals surface area (Å²) in [4.78, 5) is 0. The van der Waals surface area contributed by atoms with Crippen LogP contribution in [0.25, 0.3) is 10.8 Å². The average molecular weight is 279 g/mol. The molecule has 0 aliphatic heterocycles. The Bertz CT molecular complexity index is 779. The average Bonchev–Trinajstić information content (AvgIpc) is 2.50. The van der Waals surface area contributed by atoms with Crippen LogP contribution in [0.4, 0.5) is 4.39 Å². The van der Waals surface area contributed by atoms with Crippen LogP contribution in [-0.4, -0.2) is 7.05 Å². The highest BCUT2D eigenvalue weighted by molar-refractivity contribution is 5.87. The van der Waals surface area contributed by atoms with Gasteiger partial charge in [0.2, 0.25) is 0 Å². The van der Waals surface area contributed by atoms with E-state index in [0.717, 1.165) is 5.56 Å². The van der Waals surface area contributed by atoms with Crippen LogP contribution in [0.15, 0.2) is 60.7 Å². The Morgan fingerprint density at radius 2 is 1.76 bits per heavy atom. The molecule has 1 unspecified atom stereocenters. The largest absolute Gasteiger partial charge is 0.309 e. The lowest BCUT2D eigenvalue weighted by molar-refractivity contribution is 0.617. The highest BCUT2D eigenvalue weighted by Gasteiger charge is 2.17. The van der Waals surface area contributed by atoms with Gasteiger partial charge in [-0.15, -0.1) is 0 Å². The van der Waals surface area contributed by atoms with Gasteiger partial charge in [0.1, 0.15) is 5.82 Å². The molecule has 3 aromatic carbocycles. The van der Waals surface area contributed by atoms with Crippen LogP contribution in [0.2, 0.25) is 0 Å². The first kappa shape index (κ1) is 13.8. The summed E-state index contributed by atoms with van der Waals surface area (Å²) in [6, 6.07) is 19.4. The summed E-state index contributed by atoms with van der Waals surface area (Å²) in [6.07, 6.45) is 0. The number of aryl methyl sites for hydroxylation is 1. The molecule has 106 valence electrons. The van der Waals surface area contributed by atoms with Crippen molar-refractivity contribution in [2.24, 2.45) is 0 Å². The van der Waals surface area contributed by atoms with Gasteiger partial charge in [-0.3, -0.25) is 0 Å². The normalized spacial score (nSPS) is 12.5. The predicted octanol–water partition coefficient (Wildman–Crippen LogP) is 4.60. The molecular weight excluding hydrogens is 261 g/mol. The van der Waals surface area contributed by atoms with Crippen LogP contribution in [0.5, 0.6) is 0 Å². The van der Waals surface area contributed by atoms with Gasteiger partial charge in [-0.1, -0.05) is 48.5 Å². The Hall–Kier alpha value is -2.19. The van der Waals surface area contributed by atoms with E-state index >= 15 is 0 Å². The summed E-state index contributed by atoms with van der Waals surface area (Å²) < 4.78 is 13.6. The Labute approximate surface area is 124 Å². The first-order valence-corrected chi connectivity index (χ1v) is 7.11. The molecule has 0 spiro atoms. The quantitative estimate of drug-likeness (QED) is 0.739. The number of halogens is 1. The first-order chi connectivity index (χ1) is 10.2. The number of nitrogens with one attached hydrogen (secondary N) is 1. The number of fused-ring (bicyclic) bond motifs is 1. The molecule has 1 atom stereocenters. The van der Waals surface area contributed by atoms with E-state index in [1.807, 2.05) is 25.2 Å². The van der Waals surface area contributed by atoms with E-state index in [4.69, 9.17) is 0 Å². The Morgan fingerprint density at radius 3 is 2.52 bits per heavy atom. The fourth-order valence-electron chi connectivity index (χ4n) is 2.95. The number of benzene rings is 3. The molecule has 0 saturated carbocycles. The number of hydrogen-bond acceptors (Lipinski definition) is 1. The summed E-state index contributed by atoms with van der Waals surface area (Å²) in [6.45, 7) is 2.10. The topological polar surface area (TPSA) is 12.0 Å². The van der Waals surface area contributed by atoms with Gasteiger partial charge in [0, 0.05) is 0 Å². The van der Waals surface area contributed by atoms with Gasteiger partial charge < -0.3 is 5.32 Å². The highest BCUT2D eigenvalue weighted by Crippen LogP contribution is 2.31. The van der Waals surface area contributed by atoms with Crippen LogP contribution in [-0.2, 0) is 0 Å². The van der Waals surface area contributed by atoms with Gasteiger partial charge in [0.25, 0.3) is 0 Å². The monoisotopic (exact) mass is 279 g/mol. The van der Waals surface area contributed by atoms with Crippen LogP contribution in [0.3, 0.4) is 0 Å². The predicted molar refractivity (Wildman–Crippen MR) is 86.0 cm³/mol.